The van der Waals surface area contributed by atoms with E-state index in [0.717, 1.165) is 23.0 Å². The molecular weight excluding hydrogens is 279 g/mol. The Bertz CT molecular complexity index is 656. The van der Waals surface area contributed by atoms with E-state index in [1.165, 1.54) is 0 Å². The van der Waals surface area contributed by atoms with Crippen molar-refractivity contribution in [2.45, 2.75) is 19.8 Å². The molecule has 1 aliphatic carbocycles. The second-order valence-corrected chi connectivity index (χ2v) is 4.64. The van der Waals surface area contributed by atoms with Crippen LogP contribution in [0.5, 0.6) is 0 Å². The predicted octanol–water partition coefficient (Wildman–Crippen LogP) is 3.75. The fraction of sp³-hybridized carbons (Fsp3) is 0.214. The molecule has 0 spiro atoms. The number of rotatable bonds is 3. The first-order valence-corrected chi connectivity index (χ1v) is 6.37. The second-order valence-electron chi connectivity index (χ2n) is 4.31. The fourth-order valence-electron chi connectivity index (χ4n) is 1.82. The molecule has 1 aromatic heterocycles. The van der Waals surface area contributed by atoms with Crippen molar-refractivity contribution in [1.29, 1.82) is 5.26 Å². The van der Waals surface area contributed by atoms with Gasteiger partial charge in [0.1, 0.15) is 0 Å². The molecule has 6 heteroatoms. The zero-order chi connectivity index (χ0) is 14.5. The largest absolute Gasteiger partial charge is 0.338 e. The third-order valence-corrected chi connectivity index (χ3v) is 3.00. The minimum Gasteiger partial charge on any atom is -0.338 e. The molecule has 0 aliphatic heterocycles. The number of nitriles is 1. The molecule has 0 saturated heterocycles. The van der Waals surface area contributed by atoms with Gasteiger partial charge in [0.2, 0.25) is 5.28 Å². The maximum atomic E-state index is 13.6. The van der Waals surface area contributed by atoms with Crippen LogP contribution in [-0.4, -0.2) is 9.97 Å². The molecule has 2 rings (SSSR count). The normalized spacial score (nSPS) is 16.4. The summed E-state index contributed by atoms with van der Waals surface area (Å²) in [5, 5.41) is 11.4. The Morgan fingerprint density at radius 1 is 1.55 bits per heavy atom. The van der Waals surface area contributed by atoms with E-state index >= 15 is 0 Å². The lowest BCUT2D eigenvalue weighted by molar-refractivity contribution is 0.618. The first kappa shape index (κ1) is 14.2. The van der Waals surface area contributed by atoms with Gasteiger partial charge in [-0.2, -0.15) is 10.2 Å². The summed E-state index contributed by atoms with van der Waals surface area (Å²) in [4.78, 5) is 7.38. The van der Waals surface area contributed by atoms with Crippen LogP contribution in [0.15, 0.2) is 41.3 Å². The monoisotopic (exact) mass is 290 g/mol. The molecule has 0 fully saturated rings. The Kier molecular flexibility index (Phi) is 4.49. The van der Waals surface area contributed by atoms with E-state index in [2.05, 4.69) is 21.4 Å². The maximum absolute atomic E-state index is 13.6. The van der Waals surface area contributed by atoms with Gasteiger partial charge in [-0.15, -0.1) is 0 Å². The van der Waals surface area contributed by atoms with Crippen LogP contribution in [-0.2, 0) is 0 Å². The average molecular weight is 291 g/mol. The van der Waals surface area contributed by atoms with Crippen molar-refractivity contribution in [3.05, 3.63) is 52.4 Å². The summed E-state index contributed by atoms with van der Waals surface area (Å²) in [6, 6.07) is 2.07. The van der Waals surface area contributed by atoms with E-state index < -0.39 is 5.82 Å². The number of halogens is 2. The first-order chi connectivity index (χ1) is 9.60. The van der Waals surface area contributed by atoms with Crippen LogP contribution in [0.4, 0.5) is 10.2 Å². The molecule has 1 aromatic rings. The molecule has 1 heterocycles. The molecule has 0 unspecified atom stereocenters. The summed E-state index contributed by atoms with van der Waals surface area (Å²) >= 11 is 5.65. The molecule has 20 heavy (non-hydrogen) atoms. The van der Waals surface area contributed by atoms with Crippen molar-refractivity contribution in [3.63, 3.8) is 0 Å². The number of aromatic nitrogens is 2. The topological polar surface area (TPSA) is 61.6 Å². The summed E-state index contributed by atoms with van der Waals surface area (Å²) in [6.07, 6.45) is 7.72. The van der Waals surface area contributed by atoms with Gasteiger partial charge in [0.05, 0.1) is 18.7 Å². The third kappa shape index (κ3) is 3.43. The van der Waals surface area contributed by atoms with Gasteiger partial charge in [0.15, 0.2) is 11.6 Å². The minimum absolute atomic E-state index is 0.0125. The van der Waals surface area contributed by atoms with Gasteiger partial charge < -0.3 is 5.32 Å². The van der Waals surface area contributed by atoms with E-state index in [1.54, 1.807) is 0 Å². The Hall–Kier alpha value is -2.19. The molecule has 4 nitrogen and oxygen atoms in total. The summed E-state index contributed by atoms with van der Waals surface area (Å²) in [6.45, 7) is 1.94. The van der Waals surface area contributed by atoms with E-state index in [4.69, 9.17) is 16.9 Å². The summed E-state index contributed by atoms with van der Waals surface area (Å²) in [5.41, 5.74) is 2.87. The van der Waals surface area contributed by atoms with Crippen LogP contribution >= 0.6 is 11.6 Å². The predicted molar refractivity (Wildman–Crippen MR) is 75.4 cm³/mol. The van der Waals surface area contributed by atoms with Crippen LogP contribution < -0.4 is 5.32 Å². The van der Waals surface area contributed by atoms with Gasteiger partial charge >= 0.3 is 0 Å². The Labute approximate surface area is 121 Å². The highest BCUT2D eigenvalue weighted by Crippen LogP contribution is 2.25. The van der Waals surface area contributed by atoms with Gasteiger partial charge in [-0.1, -0.05) is 12.2 Å². The molecule has 1 aliphatic rings. The Balaban J connectivity index is 2.17. The number of hydrogen-bond acceptors (Lipinski definition) is 4. The maximum Gasteiger partial charge on any atom is 0.224 e. The number of nitrogens with one attached hydrogen (secondary N) is 1. The van der Waals surface area contributed by atoms with E-state index in [-0.39, 0.29) is 11.1 Å². The lowest BCUT2D eigenvalue weighted by atomic mass is 9.98. The Morgan fingerprint density at radius 2 is 2.35 bits per heavy atom. The van der Waals surface area contributed by atoms with Crippen molar-refractivity contribution in [2.75, 3.05) is 5.32 Å². The molecule has 0 aromatic carbocycles. The molecule has 0 radical (unpaired) electrons. The van der Waals surface area contributed by atoms with Gasteiger partial charge in [0.25, 0.3) is 0 Å². The highest BCUT2D eigenvalue weighted by Gasteiger charge is 2.11. The standard InChI is InChI=1S/C14H12ClFN4/c1-9-7-10(3-2-6-17)4-5-12(9)19-13-11(16)8-18-14(15)20-13/h3-5,8H,2,7H2,1H3,(H,18,19,20). The molecule has 102 valence electrons. The van der Waals surface area contributed by atoms with Crippen LogP contribution in [0.1, 0.15) is 19.8 Å². The van der Waals surface area contributed by atoms with Crippen molar-refractivity contribution in [2.24, 2.45) is 0 Å². The lowest BCUT2D eigenvalue weighted by Gasteiger charge is -2.16. The van der Waals surface area contributed by atoms with Crippen molar-refractivity contribution in [3.8, 4) is 6.07 Å². The van der Waals surface area contributed by atoms with Gasteiger partial charge in [-0.05, 0) is 42.2 Å². The van der Waals surface area contributed by atoms with Crippen LogP contribution in [0.3, 0.4) is 0 Å². The smallest absolute Gasteiger partial charge is 0.224 e. The Morgan fingerprint density at radius 3 is 3.05 bits per heavy atom. The zero-order valence-corrected chi connectivity index (χ0v) is 11.6. The molecule has 0 atom stereocenters. The third-order valence-electron chi connectivity index (χ3n) is 2.82. The van der Waals surface area contributed by atoms with Gasteiger partial charge in [-0.25, -0.2) is 9.37 Å². The van der Waals surface area contributed by atoms with E-state index in [9.17, 15) is 4.39 Å². The SMILES string of the molecule is CC1=C(Nc2nc(Cl)ncc2F)C=CC(=CCC#N)C1. The van der Waals surface area contributed by atoms with Crippen LogP contribution in [0.2, 0.25) is 5.28 Å². The quantitative estimate of drug-likeness (QED) is 0.861. The van der Waals surface area contributed by atoms with Crippen molar-refractivity contribution < 1.29 is 4.39 Å². The highest BCUT2D eigenvalue weighted by atomic mass is 35.5. The zero-order valence-electron chi connectivity index (χ0n) is 10.8. The lowest BCUT2D eigenvalue weighted by Crippen LogP contribution is -2.07. The first-order valence-electron chi connectivity index (χ1n) is 5.99. The van der Waals surface area contributed by atoms with E-state index in [1.807, 2.05) is 25.2 Å². The van der Waals surface area contributed by atoms with Gasteiger partial charge in [-0.3, -0.25) is 0 Å². The summed E-state index contributed by atoms with van der Waals surface area (Å²) in [5.74, 6) is -0.512. The van der Waals surface area contributed by atoms with Crippen LogP contribution in [0.25, 0.3) is 0 Å². The number of nitrogens with zero attached hydrogens (tertiary/aromatic N) is 3. The molecule has 0 amide bonds. The highest BCUT2D eigenvalue weighted by molar-refractivity contribution is 6.28. The summed E-state index contributed by atoms with van der Waals surface area (Å²) in [7, 11) is 0. The molecule has 1 N–H and O–H groups in total. The number of anilines is 1. The fourth-order valence-corrected chi connectivity index (χ4v) is 1.95. The van der Waals surface area contributed by atoms with Crippen molar-refractivity contribution in [1.82, 2.24) is 9.97 Å². The van der Waals surface area contributed by atoms with Crippen molar-refractivity contribution >= 4 is 17.4 Å². The minimum atomic E-state index is -0.561. The number of hydrogen-bond donors (Lipinski definition) is 1. The molecular formula is C14H12ClFN4. The van der Waals surface area contributed by atoms with Crippen LogP contribution in [0, 0.1) is 17.1 Å². The summed E-state index contributed by atoms with van der Waals surface area (Å²) < 4.78 is 13.6. The number of allylic oxidation sites excluding steroid dienone is 5. The molecule has 0 saturated carbocycles. The average Bonchev–Trinajstić information content (AvgIpc) is 2.43. The molecule has 0 bridgehead atoms. The van der Waals surface area contributed by atoms with Gasteiger partial charge in [0, 0.05) is 5.70 Å². The second kappa shape index (κ2) is 6.31. The van der Waals surface area contributed by atoms with E-state index in [0.29, 0.717) is 12.8 Å².